The third-order valence-electron chi connectivity index (χ3n) is 3.39. The molecule has 1 rings (SSSR count). The zero-order chi connectivity index (χ0) is 12.8. The maximum atomic E-state index is 12.1. The smallest absolute Gasteiger partial charge is 0.237 e. The van der Waals surface area contributed by atoms with Crippen molar-refractivity contribution < 1.29 is 9.59 Å². The first-order valence-electron chi connectivity index (χ1n) is 6.26. The van der Waals surface area contributed by atoms with Crippen LogP contribution in [0.1, 0.15) is 26.7 Å². The van der Waals surface area contributed by atoms with Crippen molar-refractivity contribution in [1.82, 2.24) is 9.80 Å². The van der Waals surface area contributed by atoms with E-state index in [0.717, 1.165) is 25.9 Å². The second-order valence-electron chi connectivity index (χ2n) is 4.30. The molecule has 1 aliphatic heterocycles. The van der Waals surface area contributed by atoms with E-state index in [9.17, 15) is 9.59 Å². The summed E-state index contributed by atoms with van der Waals surface area (Å²) in [6, 6.07) is 0. The van der Waals surface area contributed by atoms with Crippen molar-refractivity contribution in [1.29, 1.82) is 0 Å². The van der Waals surface area contributed by atoms with Crippen LogP contribution in [0.3, 0.4) is 0 Å². The van der Waals surface area contributed by atoms with Crippen molar-refractivity contribution in [3.8, 4) is 0 Å². The molecular weight excluding hydrogens is 240 g/mol. The highest BCUT2D eigenvalue weighted by Crippen LogP contribution is 2.19. The summed E-state index contributed by atoms with van der Waals surface area (Å²) in [6.45, 7) is 6.82. The van der Waals surface area contributed by atoms with Crippen molar-refractivity contribution in [3.63, 3.8) is 0 Å². The summed E-state index contributed by atoms with van der Waals surface area (Å²) in [5, 5.41) is 0. The predicted octanol–water partition coefficient (Wildman–Crippen LogP) is 1.33. The Labute approximate surface area is 108 Å². The van der Waals surface area contributed by atoms with Crippen molar-refractivity contribution in [2.45, 2.75) is 26.7 Å². The molecule has 0 aromatic carbocycles. The summed E-state index contributed by atoms with van der Waals surface area (Å²) < 4.78 is 0. The standard InChI is InChI=1S/C12H21ClN2O2/c1-3-14(4-2)12(17)10-5-7-15(8-6-10)11(16)9-13/h10H,3-9H2,1-2H3. The van der Waals surface area contributed by atoms with E-state index in [-0.39, 0.29) is 23.6 Å². The minimum atomic E-state index is -0.0274. The van der Waals surface area contributed by atoms with Crippen LogP contribution in [0.5, 0.6) is 0 Å². The van der Waals surface area contributed by atoms with Crippen molar-refractivity contribution in [2.24, 2.45) is 5.92 Å². The fourth-order valence-corrected chi connectivity index (χ4v) is 2.42. The van der Waals surface area contributed by atoms with E-state index in [4.69, 9.17) is 11.6 Å². The fourth-order valence-electron chi connectivity index (χ4n) is 2.25. The van der Waals surface area contributed by atoms with E-state index in [1.54, 1.807) is 4.90 Å². The predicted molar refractivity (Wildman–Crippen MR) is 68.0 cm³/mol. The van der Waals surface area contributed by atoms with Crippen molar-refractivity contribution in [3.05, 3.63) is 0 Å². The van der Waals surface area contributed by atoms with E-state index in [1.165, 1.54) is 0 Å². The zero-order valence-corrected chi connectivity index (χ0v) is 11.4. The Bertz CT molecular complexity index is 272. The fraction of sp³-hybridized carbons (Fsp3) is 0.833. The van der Waals surface area contributed by atoms with Crippen LogP contribution in [0.2, 0.25) is 0 Å². The number of carbonyl (C=O) groups excluding carboxylic acids is 2. The average Bonchev–Trinajstić information content (AvgIpc) is 2.39. The molecule has 0 saturated carbocycles. The summed E-state index contributed by atoms with van der Waals surface area (Å²) in [7, 11) is 0. The maximum absolute atomic E-state index is 12.1. The quantitative estimate of drug-likeness (QED) is 0.716. The number of alkyl halides is 1. The lowest BCUT2D eigenvalue weighted by Gasteiger charge is -2.33. The molecule has 0 N–H and O–H groups in total. The number of amides is 2. The Morgan fingerprint density at radius 1 is 1.24 bits per heavy atom. The summed E-state index contributed by atoms with van der Waals surface area (Å²) in [5.74, 6) is 0.317. The Kier molecular flexibility index (Phi) is 5.75. The van der Waals surface area contributed by atoms with Crippen LogP contribution in [0.15, 0.2) is 0 Å². The summed E-state index contributed by atoms with van der Waals surface area (Å²) in [5.41, 5.74) is 0. The summed E-state index contributed by atoms with van der Waals surface area (Å²) >= 11 is 5.51. The molecule has 0 aliphatic carbocycles. The molecule has 5 heteroatoms. The summed E-state index contributed by atoms with van der Waals surface area (Å²) in [4.78, 5) is 27.1. The van der Waals surface area contributed by atoms with Gasteiger partial charge in [0.25, 0.3) is 0 Å². The number of carbonyl (C=O) groups is 2. The van der Waals surface area contributed by atoms with Gasteiger partial charge in [-0.2, -0.15) is 0 Å². The second kappa shape index (κ2) is 6.84. The normalized spacial score (nSPS) is 17.0. The highest BCUT2D eigenvalue weighted by Gasteiger charge is 2.28. The summed E-state index contributed by atoms with van der Waals surface area (Å²) in [6.07, 6.45) is 1.52. The highest BCUT2D eigenvalue weighted by atomic mass is 35.5. The van der Waals surface area contributed by atoms with Gasteiger partial charge in [0.2, 0.25) is 11.8 Å². The van der Waals surface area contributed by atoms with Crippen molar-refractivity contribution >= 4 is 23.4 Å². The third kappa shape index (κ3) is 3.60. The van der Waals surface area contributed by atoms with Crippen LogP contribution < -0.4 is 0 Å². The molecule has 0 radical (unpaired) electrons. The van der Waals surface area contributed by atoms with Gasteiger partial charge < -0.3 is 9.80 Å². The van der Waals surface area contributed by atoms with Gasteiger partial charge in [-0.25, -0.2) is 0 Å². The van der Waals surface area contributed by atoms with Gasteiger partial charge in [0.15, 0.2) is 0 Å². The number of piperidine rings is 1. The van der Waals surface area contributed by atoms with Crippen LogP contribution in [0.4, 0.5) is 0 Å². The Morgan fingerprint density at radius 3 is 2.18 bits per heavy atom. The first-order chi connectivity index (χ1) is 8.13. The SMILES string of the molecule is CCN(CC)C(=O)C1CCN(C(=O)CCl)CC1. The van der Waals surface area contributed by atoms with Crippen LogP contribution in [0.25, 0.3) is 0 Å². The van der Waals surface area contributed by atoms with Crippen molar-refractivity contribution in [2.75, 3.05) is 32.1 Å². The van der Waals surface area contributed by atoms with E-state index >= 15 is 0 Å². The Morgan fingerprint density at radius 2 is 1.76 bits per heavy atom. The molecule has 1 aliphatic rings. The molecule has 2 amide bonds. The third-order valence-corrected chi connectivity index (χ3v) is 3.61. The number of nitrogens with zero attached hydrogens (tertiary/aromatic N) is 2. The number of likely N-dealkylation sites (tertiary alicyclic amines) is 1. The molecule has 17 heavy (non-hydrogen) atoms. The van der Waals surface area contributed by atoms with Gasteiger partial charge in [0, 0.05) is 32.1 Å². The molecule has 0 atom stereocenters. The lowest BCUT2D eigenvalue weighted by Crippen LogP contribution is -2.44. The maximum Gasteiger partial charge on any atom is 0.237 e. The number of rotatable bonds is 4. The van der Waals surface area contributed by atoms with E-state index in [0.29, 0.717) is 13.1 Å². The Balaban J connectivity index is 2.46. The van der Waals surface area contributed by atoms with Gasteiger partial charge in [-0.05, 0) is 26.7 Å². The van der Waals surface area contributed by atoms with Crippen LogP contribution >= 0.6 is 11.6 Å². The minimum Gasteiger partial charge on any atom is -0.343 e. The average molecular weight is 261 g/mol. The number of hydrogen-bond donors (Lipinski definition) is 0. The zero-order valence-electron chi connectivity index (χ0n) is 10.6. The molecule has 0 spiro atoms. The number of halogens is 1. The monoisotopic (exact) mass is 260 g/mol. The van der Waals surface area contributed by atoms with E-state index in [2.05, 4.69) is 0 Å². The van der Waals surface area contributed by atoms with Gasteiger partial charge >= 0.3 is 0 Å². The molecule has 0 unspecified atom stereocenters. The molecule has 1 heterocycles. The lowest BCUT2D eigenvalue weighted by atomic mass is 9.95. The highest BCUT2D eigenvalue weighted by molar-refractivity contribution is 6.27. The molecule has 0 aromatic rings. The van der Waals surface area contributed by atoms with Gasteiger partial charge in [-0.15, -0.1) is 11.6 Å². The molecule has 0 aromatic heterocycles. The molecule has 1 saturated heterocycles. The van der Waals surface area contributed by atoms with Crippen LogP contribution in [-0.2, 0) is 9.59 Å². The minimum absolute atomic E-state index is 0.0274. The second-order valence-corrected chi connectivity index (χ2v) is 4.57. The number of hydrogen-bond acceptors (Lipinski definition) is 2. The van der Waals surface area contributed by atoms with Gasteiger partial charge in [-0.3, -0.25) is 9.59 Å². The largest absolute Gasteiger partial charge is 0.343 e. The Hall–Kier alpha value is -0.770. The first-order valence-corrected chi connectivity index (χ1v) is 6.80. The molecule has 0 bridgehead atoms. The molecule has 4 nitrogen and oxygen atoms in total. The molecule has 1 fully saturated rings. The van der Waals surface area contributed by atoms with Crippen LogP contribution in [-0.4, -0.2) is 53.7 Å². The van der Waals surface area contributed by atoms with E-state index < -0.39 is 0 Å². The first kappa shape index (κ1) is 14.3. The van der Waals surface area contributed by atoms with Gasteiger partial charge in [-0.1, -0.05) is 0 Å². The van der Waals surface area contributed by atoms with E-state index in [1.807, 2.05) is 18.7 Å². The van der Waals surface area contributed by atoms with Gasteiger partial charge in [0.05, 0.1) is 0 Å². The molecule has 98 valence electrons. The topological polar surface area (TPSA) is 40.6 Å². The lowest BCUT2D eigenvalue weighted by molar-refractivity contribution is -0.139. The molecular formula is C12H21ClN2O2. The van der Waals surface area contributed by atoms with Gasteiger partial charge in [0.1, 0.15) is 5.88 Å². The van der Waals surface area contributed by atoms with Crippen LogP contribution in [0, 0.1) is 5.92 Å².